The van der Waals surface area contributed by atoms with Gasteiger partial charge in [-0.05, 0) is 36.5 Å². The molecule has 23 heavy (non-hydrogen) atoms. The van der Waals surface area contributed by atoms with Gasteiger partial charge in [0.1, 0.15) is 5.75 Å². The van der Waals surface area contributed by atoms with E-state index in [9.17, 15) is 4.79 Å². The molecular formula is C20H23NO2. The lowest BCUT2D eigenvalue weighted by Gasteiger charge is -2.25. The molecule has 1 aliphatic rings. The van der Waals surface area contributed by atoms with Crippen molar-refractivity contribution in [2.75, 3.05) is 14.2 Å². The first-order chi connectivity index (χ1) is 11.1. The fourth-order valence-corrected chi connectivity index (χ4v) is 3.19. The van der Waals surface area contributed by atoms with E-state index >= 15 is 0 Å². The molecule has 0 aromatic heterocycles. The molecule has 0 aliphatic heterocycles. The van der Waals surface area contributed by atoms with Crippen LogP contribution in [-0.4, -0.2) is 25.0 Å². The van der Waals surface area contributed by atoms with Crippen LogP contribution in [0.1, 0.15) is 36.4 Å². The summed E-state index contributed by atoms with van der Waals surface area (Å²) < 4.78 is 5.43. The Balaban J connectivity index is 1.70. The molecular weight excluding hydrogens is 286 g/mol. The Kier molecular flexibility index (Phi) is 4.37. The summed E-state index contributed by atoms with van der Waals surface area (Å²) in [6, 6.07) is 18.2. The predicted molar refractivity (Wildman–Crippen MR) is 91.5 cm³/mol. The standard InChI is InChI=1S/C20H23NO2/c1-14(15-9-5-4-6-10-15)21(2)20(22)18-13-17(18)16-11-7-8-12-19(16)23-3/h4-12,14,17-18H,13H2,1-3H3/t14-,17-,18+/m0/s1. The van der Waals surface area contributed by atoms with Gasteiger partial charge >= 0.3 is 0 Å². The normalized spacial score (nSPS) is 20.7. The topological polar surface area (TPSA) is 29.5 Å². The molecule has 1 saturated carbocycles. The third kappa shape index (κ3) is 3.09. The summed E-state index contributed by atoms with van der Waals surface area (Å²) in [4.78, 5) is 14.7. The van der Waals surface area contributed by atoms with Gasteiger partial charge in [0.25, 0.3) is 0 Å². The number of carbonyl (C=O) groups is 1. The number of benzene rings is 2. The number of para-hydroxylation sites is 1. The van der Waals surface area contributed by atoms with Gasteiger partial charge in [-0.25, -0.2) is 0 Å². The number of carbonyl (C=O) groups excluding carboxylic acids is 1. The number of hydrogen-bond acceptors (Lipinski definition) is 2. The first-order valence-corrected chi connectivity index (χ1v) is 8.08. The van der Waals surface area contributed by atoms with Crippen LogP contribution in [0.5, 0.6) is 5.75 Å². The van der Waals surface area contributed by atoms with Crippen molar-refractivity contribution in [3.63, 3.8) is 0 Å². The Morgan fingerprint density at radius 1 is 1.13 bits per heavy atom. The van der Waals surface area contributed by atoms with Gasteiger partial charge in [0.05, 0.1) is 13.2 Å². The van der Waals surface area contributed by atoms with Crippen molar-refractivity contribution < 1.29 is 9.53 Å². The zero-order valence-corrected chi connectivity index (χ0v) is 13.9. The molecule has 2 aromatic carbocycles. The van der Waals surface area contributed by atoms with Crippen LogP contribution >= 0.6 is 0 Å². The van der Waals surface area contributed by atoms with Crippen molar-refractivity contribution in [1.82, 2.24) is 4.90 Å². The van der Waals surface area contributed by atoms with Crippen LogP contribution in [0, 0.1) is 5.92 Å². The molecule has 3 rings (SSSR count). The number of nitrogens with zero attached hydrogens (tertiary/aromatic N) is 1. The highest BCUT2D eigenvalue weighted by atomic mass is 16.5. The summed E-state index contributed by atoms with van der Waals surface area (Å²) in [5.41, 5.74) is 2.31. The molecule has 1 fully saturated rings. The lowest BCUT2D eigenvalue weighted by atomic mass is 10.1. The minimum absolute atomic E-state index is 0.0717. The third-order valence-corrected chi connectivity index (χ3v) is 4.86. The van der Waals surface area contributed by atoms with Crippen LogP contribution in [0.4, 0.5) is 0 Å². The maximum atomic E-state index is 12.8. The highest BCUT2D eigenvalue weighted by molar-refractivity contribution is 5.83. The highest BCUT2D eigenvalue weighted by Gasteiger charge is 2.46. The largest absolute Gasteiger partial charge is 0.496 e. The Hall–Kier alpha value is -2.29. The summed E-state index contributed by atoms with van der Waals surface area (Å²) in [7, 11) is 3.58. The summed E-state index contributed by atoms with van der Waals surface area (Å²) in [5, 5.41) is 0. The van der Waals surface area contributed by atoms with Crippen molar-refractivity contribution in [3.05, 3.63) is 65.7 Å². The molecule has 1 aliphatic carbocycles. The van der Waals surface area contributed by atoms with E-state index in [1.54, 1.807) is 7.11 Å². The van der Waals surface area contributed by atoms with E-state index in [-0.39, 0.29) is 23.8 Å². The molecule has 0 saturated heterocycles. The van der Waals surface area contributed by atoms with Crippen molar-refractivity contribution in [2.45, 2.75) is 25.3 Å². The molecule has 1 amide bonds. The Labute approximate surface area is 137 Å². The molecule has 0 unspecified atom stereocenters. The van der Waals surface area contributed by atoms with E-state index in [1.165, 1.54) is 0 Å². The van der Waals surface area contributed by atoms with E-state index in [2.05, 4.69) is 25.1 Å². The van der Waals surface area contributed by atoms with Gasteiger partial charge in [-0.2, -0.15) is 0 Å². The Morgan fingerprint density at radius 3 is 2.48 bits per heavy atom. The van der Waals surface area contributed by atoms with E-state index < -0.39 is 0 Å². The highest BCUT2D eigenvalue weighted by Crippen LogP contribution is 2.51. The van der Waals surface area contributed by atoms with Crippen LogP contribution < -0.4 is 4.74 Å². The molecule has 3 nitrogen and oxygen atoms in total. The average molecular weight is 309 g/mol. The number of ether oxygens (including phenoxy) is 1. The molecule has 120 valence electrons. The first kappa shape index (κ1) is 15.6. The van der Waals surface area contributed by atoms with Crippen molar-refractivity contribution in [1.29, 1.82) is 0 Å². The van der Waals surface area contributed by atoms with Crippen LogP contribution in [0.2, 0.25) is 0 Å². The summed E-state index contributed by atoms with van der Waals surface area (Å²) in [6.45, 7) is 2.08. The monoisotopic (exact) mass is 309 g/mol. The van der Waals surface area contributed by atoms with E-state index in [0.29, 0.717) is 0 Å². The van der Waals surface area contributed by atoms with Crippen LogP contribution in [0.15, 0.2) is 54.6 Å². The molecule has 0 N–H and O–H groups in total. The molecule has 0 spiro atoms. The molecule has 3 heteroatoms. The number of hydrogen-bond donors (Lipinski definition) is 0. The lowest BCUT2D eigenvalue weighted by molar-refractivity contribution is -0.133. The van der Waals surface area contributed by atoms with E-state index in [4.69, 9.17) is 4.74 Å². The molecule has 0 heterocycles. The number of methoxy groups -OCH3 is 1. The zero-order valence-electron chi connectivity index (χ0n) is 13.9. The second-order valence-electron chi connectivity index (χ2n) is 6.23. The molecule has 3 atom stereocenters. The Bertz CT molecular complexity index is 683. The number of rotatable bonds is 5. The second kappa shape index (κ2) is 6.45. The fourth-order valence-electron chi connectivity index (χ4n) is 3.19. The summed E-state index contributed by atoms with van der Waals surface area (Å²) in [6.07, 6.45) is 0.908. The second-order valence-corrected chi connectivity index (χ2v) is 6.23. The maximum absolute atomic E-state index is 12.8. The maximum Gasteiger partial charge on any atom is 0.226 e. The van der Waals surface area contributed by atoms with Gasteiger partial charge < -0.3 is 9.64 Å². The SMILES string of the molecule is COc1ccccc1[C@@H]1C[C@H]1C(=O)N(C)[C@@H](C)c1ccccc1. The lowest BCUT2D eigenvalue weighted by Crippen LogP contribution is -2.31. The van der Waals surface area contributed by atoms with Crippen LogP contribution in [0.25, 0.3) is 0 Å². The Morgan fingerprint density at radius 2 is 1.78 bits per heavy atom. The summed E-state index contributed by atoms with van der Waals surface area (Å²) >= 11 is 0. The molecule has 2 aromatic rings. The summed E-state index contributed by atoms with van der Waals surface area (Å²) in [5.74, 6) is 1.45. The van der Waals surface area contributed by atoms with Gasteiger partial charge in [0.2, 0.25) is 5.91 Å². The van der Waals surface area contributed by atoms with Gasteiger partial charge in [-0.15, -0.1) is 0 Å². The van der Waals surface area contributed by atoms with Gasteiger partial charge in [-0.3, -0.25) is 4.79 Å². The molecule has 0 radical (unpaired) electrons. The van der Waals surface area contributed by atoms with Gasteiger partial charge in [0, 0.05) is 13.0 Å². The van der Waals surface area contributed by atoms with E-state index in [0.717, 1.165) is 23.3 Å². The first-order valence-electron chi connectivity index (χ1n) is 8.08. The molecule has 0 bridgehead atoms. The smallest absolute Gasteiger partial charge is 0.226 e. The van der Waals surface area contributed by atoms with Gasteiger partial charge in [0.15, 0.2) is 0 Å². The van der Waals surface area contributed by atoms with Crippen LogP contribution in [-0.2, 0) is 4.79 Å². The minimum Gasteiger partial charge on any atom is -0.496 e. The average Bonchev–Trinajstić information content (AvgIpc) is 3.41. The van der Waals surface area contributed by atoms with Crippen LogP contribution in [0.3, 0.4) is 0 Å². The van der Waals surface area contributed by atoms with E-state index in [1.807, 2.05) is 48.3 Å². The zero-order chi connectivity index (χ0) is 16.4. The third-order valence-electron chi connectivity index (χ3n) is 4.86. The van der Waals surface area contributed by atoms with Gasteiger partial charge in [-0.1, -0.05) is 48.5 Å². The predicted octanol–water partition coefficient (Wildman–Crippen LogP) is 4.02. The van der Waals surface area contributed by atoms with Crippen molar-refractivity contribution in [2.24, 2.45) is 5.92 Å². The minimum atomic E-state index is 0.0717. The number of amides is 1. The quantitative estimate of drug-likeness (QED) is 0.835. The van der Waals surface area contributed by atoms with Crippen molar-refractivity contribution >= 4 is 5.91 Å². The fraction of sp³-hybridized carbons (Fsp3) is 0.350. The van der Waals surface area contributed by atoms with Crippen molar-refractivity contribution in [3.8, 4) is 5.75 Å².